The molecule has 0 atom stereocenters. The molecule has 156 valence electrons. The molecule has 31 heavy (non-hydrogen) atoms. The molecule has 3 N–H and O–H groups in total. The van der Waals surface area contributed by atoms with Crippen LogP contribution in [0.5, 0.6) is 5.75 Å². The van der Waals surface area contributed by atoms with Gasteiger partial charge in [0.05, 0.1) is 9.85 Å². The summed E-state index contributed by atoms with van der Waals surface area (Å²) in [6, 6.07) is 16.0. The molecule has 0 spiro atoms. The smallest absolute Gasteiger partial charge is 0.323 e. The number of amides is 2. The second kappa shape index (κ2) is 8.02. The number of carbonyl (C=O) groups excluding carboxylic acids is 1. The van der Waals surface area contributed by atoms with Crippen LogP contribution in [0.4, 0.5) is 21.9 Å². The van der Waals surface area contributed by atoms with E-state index in [4.69, 9.17) is 7.48 Å². The number of carbonyl (C=O) groups is 1. The second-order valence-electron chi connectivity index (χ2n) is 7.23. The number of nitrogens with zero attached hydrogens (tertiary/aromatic N) is 2. The maximum absolute atomic E-state index is 12.6. The maximum atomic E-state index is 12.6. The Hall–Kier alpha value is -4.00. The lowest BCUT2D eigenvalue weighted by Crippen LogP contribution is -2.20. The Labute approximate surface area is 182 Å². The summed E-state index contributed by atoms with van der Waals surface area (Å²) in [7, 11) is 1.57. The molecular formula is C24H23N5O2. The summed E-state index contributed by atoms with van der Waals surface area (Å²) in [6.07, 6.45) is 3.97. The van der Waals surface area contributed by atoms with Gasteiger partial charge in [-0.05, 0) is 48.4 Å². The summed E-state index contributed by atoms with van der Waals surface area (Å²) in [5.41, 5.74) is 4.13. The maximum Gasteiger partial charge on any atom is 0.323 e. The minimum atomic E-state index is -1.76. The number of hydrogen-bond donors (Lipinski definition) is 3. The van der Waals surface area contributed by atoms with Gasteiger partial charge in [-0.2, -0.15) is 0 Å². The minimum absolute atomic E-state index is 0.374. The third kappa shape index (κ3) is 3.77. The average molecular weight is 415 g/mol. The Kier molecular flexibility index (Phi) is 4.34. The van der Waals surface area contributed by atoms with Gasteiger partial charge < -0.3 is 25.3 Å². The number of anilines is 3. The van der Waals surface area contributed by atoms with E-state index in [1.54, 1.807) is 54.7 Å². The van der Waals surface area contributed by atoms with Gasteiger partial charge in [0, 0.05) is 59.5 Å². The lowest BCUT2D eigenvalue weighted by Gasteiger charge is -2.19. The van der Waals surface area contributed by atoms with Gasteiger partial charge in [0.2, 0.25) is 0 Å². The van der Waals surface area contributed by atoms with E-state index in [0.29, 0.717) is 41.3 Å². The Morgan fingerprint density at radius 1 is 1.23 bits per heavy atom. The van der Waals surface area contributed by atoms with E-state index in [2.05, 4.69) is 20.6 Å². The van der Waals surface area contributed by atoms with Crippen molar-refractivity contribution in [3.05, 3.63) is 78.1 Å². The van der Waals surface area contributed by atoms with E-state index in [9.17, 15) is 4.79 Å². The van der Waals surface area contributed by atoms with Crippen LogP contribution in [0.2, 0.25) is 0 Å². The van der Waals surface area contributed by atoms with Crippen LogP contribution in [-0.4, -0.2) is 29.7 Å². The highest BCUT2D eigenvalue weighted by molar-refractivity contribution is 6.01. The molecule has 2 amide bonds. The standard InChI is InChI=1S/C24H23N5O2/c1-31-18-6-2-5-17(13-18)27-24(30)28-21-8-3-9-22-20(21)10-12-29(22)15-16-14-26-23-19(16)7-4-11-25-23/h2-9,11,13-14H,10,12,15H2,1H3,(H,25,26)(H2,27,28,30)/i15D2. The van der Waals surface area contributed by atoms with Gasteiger partial charge in [-0.25, -0.2) is 9.78 Å². The molecule has 7 nitrogen and oxygen atoms in total. The first kappa shape index (κ1) is 16.8. The Bertz CT molecular complexity index is 1340. The Morgan fingerprint density at radius 2 is 2.13 bits per heavy atom. The van der Waals surface area contributed by atoms with Crippen LogP contribution in [0, 0.1) is 0 Å². The number of aromatic amines is 1. The lowest BCUT2D eigenvalue weighted by molar-refractivity contribution is 0.262. The topological polar surface area (TPSA) is 82.3 Å². The first-order valence-electron chi connectivity index (χ1n) is 11.0. The summed E-state index contributed by atoms with van der Waals surface area (Å²) >= 11 is 0. The van der Waals surface area contributed by atoms with E-state index in [1.165, 1.54) is 0 Å². The fourth-order valence-corrected chi connectivity index (χ4v) is 3.85. The highest BCUT2D eigenvalue weighted by Crippen LogP contribution is 2.35. The molecule has 0 aliphatic carbocycles. The largest absolute Gasteiger partial charge is 0.497 e. The van der Waals surface area contributed by atoms with Gasteiger partial charge in [0.15, 0.2) is 0 Å². The number of aromatic nitrogens is 2. The number of pyridine rings is 1. The number of benzene rings is 2. The first-order valence-corrected chi connectivity index (χ1v) is 10.0. The van der Waals surface area contributed by atoms with Crippen molar-refractivity contribution < 1.29 is 12.3 Å². The summed E-state index contributed by atoms with van der Waals surface area (Å²) < 4.78 is 23.0. The van der Waals surface area contributed by atoms with Crippen molar-refractivity contribution >= 4 is 34.1 Å². The average Bonchev–Trinajstić information content (AvgIpc) is 3.45. The quantitative estimate of drug-likeness (QED) is 0.438. The van der Waals surface area contributed by atoms with Crippen molar-refractivity contribution in [3.8, 4) is 5.75 Å². The lowest BCUT2D eigenvalue weighted by atomic mass is 10.1. The third-order valence-electron chi connectivity index (χ3n) is 5.31. The Morgan fingerprint density at radius 3 is 3.03 bits per heavy atom. The number of ether oxygens (including phenoxy) is 1. The highest BCUT2D eigenvalue weighted by Gasteiger charge is 2.23. The molecule has 2 aromatic heterocycles. The molecule has 4 aromatic rings. The van der Waals surface area contributed by atoms with Gasteiger partial charge >= 0.3 is 6.03 Å². The van der Waals surface area contributed by atoms with Gasteiger partial charge in [-0.1, -0.05) is 12.1 Å². The number of H-pyrrole nitrogens is 1. The molecular weight excluding hydrogens is 390 g/mol. The molecule has 2 aromatic carbocycles. The van der Waals surface area contributed by atoms with Crippen molar-refractivity contribution in [1.29, 1.82) is 0 Å². The van der Waals surface area contributed by atoms with Gasteiger partial charge in [0.1, 0.15) is 11.4 Å². The van der Waals surface area contributed by atoms with Crippen molar-refractivity contribution in [2.24, 2.45) is 0 Å². The van der Waals surface area contributed by atoms with Gasteiger partial charge in [-0.3, -0.25) is 0 Å². The minimum Gasteiger partial charge on any atom is -0.497 e. The van der Waals surface area contributed by atoms with Crippen molar-refractivity contribution in [2.45, 2.75) is 12.9 Å². The van der Waals surface area contributed by atoms with E-state index >= 15 is 0 Å². The third-order valence-corrected chi connectivity index (χ3v) is 5.31. The van der Waals surface area contributed by atoms with Crippen LogP contribution >= 0.6 is 0 Å². The van der Waals surface area contributed by atoms with E-state index in [1.807, 2.05) is 24.3 Å². The molecule has 0 saturated heterocycles. The molecule has 7 heteroatoms. The molecule has 0 saturated carbocycles. The molecule has 0 fully saturated rings. The molecule has 0 unspecified atom stereocenters. The van der Waals surface area contributed by atoms with E-state index in [0.717, 1.165) is 16.6 Å². The number of hydrogen-bond acceptors (Lipinski definition) is 4. The van der Waals surface area contributed by atoms with Gasteiger partial charge in [-0.15, -0.1) is 0 Å². The number of nitrogens with one attached hydrogen (secondary N) is 3. The highest BCUT2D eigenvalue weighted by atomic mass is 16.5. The summed E-state index contributed by atoms with van der Waals surface area (Å²) in [5, 5.41) is 6.47. The summed E-state index contributed by atoms with van der Waals surface area (Å²) in [6.45, 7) is -1.26. The number of urea groups is 1. The fourth-order valence-electron chi connectivity index (χ4n) is 3.85. The van der Waals surface area contributed by atoms with Crippen LogP contribution in [0.3, 0.4) is 0 Å². The first-order chi connectivity index (χ1) is 16.0. The molecule has 1 aliphatic heterocycles. The monoisotopic (exact) mass is 415 g/mol. The predicted octanol–water partition coefficient (Wildman–Crippen LogP) is 4.78. The molecule has 1 aliphatic rings. The number of fused-ring (bicyclic) bond motifs is 2. The molecule has 0 radical (unpaired) electrons. The van der Waals surface area contributed by atoms with Crippen LogP contribution < -0.4 is 20.3 Å². The summed E-state index contributed by atoms with van der Waals surface area (Å²) in [5.74, 6) is 0.652. The van der Waals surface area contributed by atoms with Gasteiger partial charge in [0.25, 0.3) is 0 Å². The zero-order chi connectivity index (χ0) is 23.0. The molecule has 5 rings (SSSR count). The molecule has 3 heterocycles. The molecule has 0 bridgehead atoms. The SMILES string of the molecule is [2H]C([2H])(c1c[nH]c2ncccc12)N1CCc2c(NC(=O)Nc3cccc(OC)c3)cccc21. The van der Waals surface area contributed by atoms with Crippen molar-refractivity contribution in [1.82, 2.24) is 9.97 Å². The van der Waals surface area contributed by atoms with Crippen LogP contribution in [-0.2, 0) is 12.9 Å². The second-order valence-corrected chi connectivity index (χ2v) is 7.23. The Balaban J connectivity index is 1.40. The zero-order valence-corrected chi connectivity index (χ0v) is 17.0. The number of rotatable bonds is 5. The normalized spacial score (nSPS) is 14.0. The fraction of sp³-hybridized carbons (Fsp3) is 0.167. The van der Waals surface area contributed by atoms with E-state index < -0.39 is 6.50 Å². The van der Waals surface area contributed by atoms with E-state index in [-0.39, 0.29) is 6.03 Å². The van der Waals surface area contributed by atoms with Crippen molar-refractivity contribution in [3.63, 3.8) is 0 Å². The summed E-state index contributed by atoms with van der Waals surface area (Å²) in [4.78, 5) is 21.7. The van der Waals surface area contributed by atoms with Crippen LogP contribution in [0.1, 0.15) is 13.9 Å². The number of methoxy groups -OCH3 is 1. The predicted molar refractivity (Wildman–Crippen MR) is 123 cm³/mol. The van der Waals surface area contributed by atoms with Crippen molar-refractivity contribution in [2.75, 3.05) is 29.2 Å². The van der Waals surface area contributed by atoms with Crippen LogP contribution in [0.25, 0.3) is 11.0 Å². The zero-order valence-electron chi connectivity index (χ0n) is 19.0. The van der Waals surface area contributed by atoms with Crippen LogP contribution in [0.15, 0.2) is 67.0 Å².